The third-order valence-corrected chi connectivity index (χ3v) is 6.17. The first-order chi connectivity index (χ1) is 12.6. The normalized spacial score (nSPS) is 11.2. The van der Waals surface area contributed by atoms with Crippen LogP contribution in [-0.4, -0.2) is 31.5 Å². The molecule has 0 aromatic carbocycles. The molecule has 0 aliphatic carbocycles. The molecule has 0 saturated heterocycles. The Kier molecular flexibility index (Phi) is 17.3. The molecule has 0 aromatic rings. The van der Waals surface area contributed by atoms with Crippen molar-refractivity contribution < 1.29 is 18.4 Å². The Morgan fingerprint density at radius 2 is 0.962 bits per heavy atom. The van der Waals surface area contributed by atoms with Gasteiger partial charge in [-0.2, -0.15) is 0 Å². The van der Waals surface area contributed by atoms with Gasteiger partial charge >= 0.3 is 19.5 Å². The highest BCUT2D eigenvalue weighted by atomic mass is 28.2. The molecule has 0 N–H and O–H groups in total. The van der Waals surface area contributed by atoms with Crippen molar-refractivity contribution in [3.8, 4) is 0 Å². The Bertz CT molecular complexity index is 318. The van der Waals surface area contributed by atoms with Crippen molar-refractivity contribution in [2.75, 3.05) is 0 Å². The molecule has 150 valence electrons. The van der Waals surface area contributed by atoms with E-state index in [1.807, 2.05) is 0 Å². The molecular formula is C20H38O4Si2. The predicted molar refractivity (Wildman–Crippen MR) is 109 cm³/mol. The minimum absolute atomic E-state index is 0.0132. The van der Waals surface area contributed by atoms with Crippen molar-refractivity contribution in [3.05, 3.63) is 0 Å². The number of rotatable bonds is 17. The number of hydrogen-bond acceptors (Lipinski definition) is 4. The summed E-state index contributed by atoms with van der Waals surface area (Å²) in [7, 11) is 0.526. The summed E-state index contributed by atoms with van der Waals surface area (Å²) in [5.41, 5.74) is 0. The molecule has 0 aliphatic rings. The van der Waals surface area contributed by atoms with Gasteiger partial charge in [-0.1, -0.05) is 66.2 Å². The maximum absolute atomic E-state index is 12.0. The van der Waals surface area contributed by atoms with Gasteiger partial charge in [0.1, 0.15) is 0 Å². The third-order valence-electron chi connectivity index (χ3n) is 4.37. The average Bonchev–Trinajstić information content (AvgIpc) is 2.63. The molecule has 6 heteroatoms. The van der Waals surface area contributed by atoms with Gasteiger partial charge in [0.15, 0.2) is 0 Å². The van der Waals surface area contributed by atoms with Gasteiger partial charge in [0.2, 0.25) is 0 Å². The lowest BCUT2D eigenvalue weighted by Crippen LogP contribution is -2.20. The standard InChI is InChI=1S/C20H38O4Si2/c1-5-11-17(12-6-2)19(21)23-25-15-9-10-16-26-24-20(22)18(13-7-3)14-8-4/h17-18H,5-16H2,1-4H3. The van der Waals surface area contributed by atoms with E-state index in [0.717, 1.165) is 76.3 Å². The summed E-state index contributed by atoms with van der Waals surface area (Å²) in [4.78, 5) is 24.1. The Labute approximate surface area is 166 Å². The molecule has 26 heavy (non-hydrogen) atoms. The molecule has 0 heterocycles. The van der Waals surface area contributed by atoms with Gasteiger partial charge in [-0.3, -0.25) is 9.59 Å². The molecule has 4 nitrogen and oxygen atoms in total. The van der Waals surface area contributed by atoms with Crippen LogP contribution in [0.15, 0.2) is 0 Å². The van der Waals surface area contributed by atoms with E-state index < -0.39 is 0 Å². The highest BCUT2D eigenvalue weighted by Crippen LogP contribution is 2.16. The lowest BCUT2D eigenvalue weighted by atomic mass is 9.99. The first-order valence-electron chi connectivity index (χ1n) is 10.5. The zero-order valence-corrected chi connectivity index (χ0v) is 19.3. The molecule has 0 rings (SSSR count). The summed E-state index contributed by atoms with van der Waals surface area (Å²) in [6, 6.07) is 1.84. The molecular weight excluding hydrogens is 360 g/mol. The minimum atomic E-state index is -0.0132. The van der Waals surface area contributed by atoms with Crippen LogP contribution < -0.4 is 0 Å². The Balaban J connectivity index is 3.71. The van der Waals surface area contributed by atoms with Crippen LogP contribution in [0.1, 0.15) is 91.9 Å². The van der Waals surface area contributed by atoms with Crippen LogP contribution in [0.25, 0.3) is 0 Å². The monoisotopic (exact) mass is 398 g/mol. The number of unbranched alkanes of at least 4 members (excludes halogenated alkanes) is 1. The van der Waals surface area contributed by atoms with Gasteiger partial charge in [0.05, 0.1) is 11.8 Å². The fraction of sp³-hybridized carbons (Fsp3) is 0.900. The maximum atomic E-state index is 12.0. The Morgan fingerprint density at radius 3 is 1.23 bits per heavy atom. The Morgan fingerprint density at radius 1 is 0.654 bits per heavy atom. The van der Waals surface area contributed by atoms with Crippen molar-refractivity contribution in [1.82, 2.24) is 0 Å². The summed E-state index contributed by atoms with van der Waals surface area (Å²) >= 11 is 0. The van der Waals surface area contributed by atoms with Crippen molar-refractivity contribution in [2.45, 2.75) is 104 Å². The van der Waals surface area contributed by atoms with Gasteiger partial charge in [0, 0.05) is 0 Å². The summed E-state index contributed by atoms with van der Waals surface area (Å²) in [6.45, 7) is 8.44. The van der Waals surface area contributed by atoms with Gasteiger partial charge in [-0.05, 0) is 37.8 Å². The van der Waals surface area contributed by atoms with E-state index in [0.29, 0.717) is 0 Å². The van der Waals surface area contributed by atoms with Crippen LogP contribution in [0.5, 0.6) is 0 Å². The number of carbonyl (C=O) groups is 2. The zero-order chi connectivity index (χ0) is 19.6. The lowest BCUT2D eigenvalue weighted by molar-refractivity contribution is -0.140. The summed E-state index contributed by atoms with van der Waals surface area (Å²) in [5.74, 6) is 0.136. The maximum Gasteiger partial charge on any atom is 0.314 e. The van der Waals surface area contributed by atoms with Crippen LogP contribution in [0.3, 0.4) is 0 Å². The zero-order valence-electron chi connectivity index (χ0n) is 17.3. The quantitative estimate of drug-likeness (QED) is 0.244. The van der Waals surface area contributed by atoms with Crippen LogP contribution in [0, 0.1) is 11.8 Å². The third kappa shape index (κ3) is 12.7. The molecule has 0 amide bonds. The molecule has 0 aromatic heterocycles. The van der Waals surface area contributed by atoms with Crippen LogP contribution in [0.4, 0.5) is 0 Å². The molecule has 0 aliphatic heterocycles. The van der Waals surface area contributed by atoms with Crippen molar-refractivity contribution >= 4 is 31.5 Å². The number of hydrogen-bond donors (Lipinski definition) is 0. The fourth-order valence-corrected chi connectivity index (χ4v) is 4.57. The van der Waals surface area contributed by atoms with E-state index in [1.165, 1.54) is 0 Å². The van der Waals surface area contributed by atoms with Crippen molar-refractivity contribution in [3.63, 3.8) is 0 Å². The molecule has 0 spiro atoms. The lowest BCUT2D eigenvalue weighted by Gasteiger charge is -2.14. The molecule has 4 radical (unpaired) electrons. The van der Waals surface area contributed by atoms with Gasteiger partial charge in [-0.25, -0.2) is 0 Å². The van der Waals surface area contributed by atoms with E-state index in [1.54, 1.807) is 0 Å². The summed E-state index contributed by atoms with van der Waals surface area (Å²) < 4.78 is 10.9. The molecule has 0 bridgehead atoms. The highest BCUT2D eigenvalue weighted by molar-refractivity contribution is 6.31. The molecule has 0 unspecified atom stereocenters. The minimum Gasteiger partial charge on any atom is -0.516 e. The second kappa shape index (κ2) is 17.8. The van der Waals surface area contributed by atoms with Crippen molar-refractivity contribution in [1.29, 1.82) is 0 Å². The van der Waals surface area contributed by atoms with E-state index in [9.17, 15) is 9.59 Å². The second-order valence-corrected chi connectivity index (χ2v) is 8.87. The topological polar surface area (TPSA) is 52.6 Å². The summed E-state index contributed by atoms with van der Waals surface area (Å²) in [6.07, 6.45) is 9.88. The highest BCUT2D eigenvalue weighted by Gasteiger charge is 2.19. The first kappa shape index (κ1) is 25.4. The van der Waals surface area contributed by atoms with E-state index in [2.05, 4.69) is 27.7 Å². The van der Waals surface area contributed by atoms with Crippen LogP contribution in [-0.2, 0) is 18.4 Å². The molecule has 0 fully saturated rings. The number of carbonyl (C=O) groups excluding carboxylic acids is 2. The predicted octanol–water partition coefficient (Wildman–Crippen LogP) is 5.36. The van der Waals surface area contributed by atoms with E-state index in [4.69, 9.17) is 8.85 Å². The Hall–Kier alpha value is -0.626. The van der Waals surface area contributed by atoms with Crippen LogP contribution in [0.2, 0.25) is 12.1 Å². The first-order valence-corrected chi connectivity index (χ1v) is 12.7. The van der Waals surface area contributed by atoms with Gasteiger partial charge in [-0.15, -0.1) is 0 Å². The summed E-state index contributed by atoms with van der Waals surface area (Å²) in [5, 5.41) is 0. The van der Waals surface area contributed by atoms with Crippen LogP contribution >= 0.6 is 0 Å². The second-order valence-electron chi connectivity index (χ2n) is 6.89. The largest absolute Gasteiger partial charge is 0.516 e. The van der Waals surface area contributed by atoms with Gasteiger partial charge < -0.3 is 8.85 Å². The van der Waals surface area contributed by atoms with E-state index >= 15 is 0 Å². The SMILES string of the molecule is CCCC(CCC)C(=O)O[Si]CCCC[Si]OC(=O)C(CCC)CCC. The van der Waals surface area contributed by atoms with E-state index in [-0.39, 0.29) is 43.3 Å². The fourth-order valence-electron chi connectivity index (χ4n) is 2.96. The van der Waals surface area contributed by atoms with Crippen molar-refractivity contribution in [2.24, 2.45) is 11.8 Å². The smallest absolute Gasteiger partial charge is 0.314 e. The van der Waals surface area contributed by atoms with Gasteiger partial charge in [0.25, 0.3) is 11.9 Å². The molecule has 0 saturated carbocycles. The average molecular weight is 399 g/mol. The molecule has 0 atom stereocenters.